The molecular weight excluding hydrogens is 252 g/mol. The Bertz CT molecular complexity index is 352. The standard InChI is InChI=1S/C16H30N2O2/c1-6-8-9-10-11-18-13(12(3)7-2)14(19)17-16(4,5)15(18)20/h12-13H,6-11H2,1-5H3,(H,17,19). The third-order valence-corrected chi connectivity index (χ3v) is 4.27. The first-order valence-electron chi connectivity index (χ1n) is 7.98. The van der Waals surface area contributed by atoms with Crippen molar-refractivity contribution in [3.8, 4) is 0 Å². The van der Waals surface area contributed by atoms with Crippen LogP contribution in [0.15, 0.2) is 0 Å². The van der Waals surface area contributed by atoms with E-state index in [2.05, 4.69) is 26.1 Å². The summed E-state index contributed by atoms with van der Waals surface area (Å²) < 4.78 is 0. The van der Waals surface area contributed by atoms with Crippen molar-refractivity contribution in [1.82, 2.24) is 10.2 Å². The smallest absolute Gasteiger partial charge is 0.248 e. The van der Waals surface area contributed by atoms with Crippen molar-refractivity contribution in [2.24, 2.45) is 5.92 Å². The Hall–Kier alpha value is -1.06. The first-order chi connectivity index (χ1) is 9.35. The van der Waals surface area contributed by atoms with Gasteiger partial charge in [-0.25, -0.2) is 0 Å². The van der Waals surface area contributed by atoms with E-state index in [0.717, 1.165) is 19.3 Å². The summed E-state index contributed by atoms with van der Waals surface area (Å²) in [6.45, 7) is 10.6. The van der Waals surface area contributed by atoms with Crippen molar-refractivity contribution in [1.29, 1.82) is 0 Å². The zero-order chi connectivity index (χ0) is 15.3. The topological polar surface area (TPSA) is 49.4 Å². The Balaban J connectivity index is 2.83. The largest absolute Gasteiger partial charge is 0.340 e. The molecule has 0 aromatic rings. The van der Waals surface area contributed by atoms with Gasteiger partial charge in [0, 0.05) is 6.54 Å². The Labute approximate surface area is 123 Å². The normalized spacial score (nSPS) is 23.6. The Morgan fingerprint density at radius 2 is 1.85 bits per heavy atom. The molecule has 2 unspecified atom stereocenters. The van der Waals surface area contributed by atoms with Crippen LogP contribution in [0.2, 0.25) is 0 Å². The van der Waals surface area contributed by atoms with Crippen molar-refractivity contribution >= 4 is 11.8 Å². The van der Waals surface area contributed by atoms with Crippen LogP contribution < -0.4 is 5.32 Å². The maximum absolute atomic E-state index is 12.6. The number of nitrogens with one attached hydrogen (secondary N) is 1. The molecule has 0 spiro atoms. The number of hydrogen-bond donors (Lipinski definition) is 1. The maximum Gasteiger partial charge on any atom is 0.248 e. The summed E-state index contributed by atoms with van der Waals surface area (Å²) in [5, 5.41) is 2.87. The van der Waals surface area contributed by atoms with Gasteiger partial charge in [-0.3, -0.25) is 9.59 Å². The van der Waals surface area contributed by atoms with Gasteiger partial charge in [-0.2, -0.15) is 0 Å². The van der Waals surface area contributed by atoms with E-state index in [9.17, 15) is 9.59 Å². The Kier molecular flexibility index (Phi) is 6.03. The third-order valence-electron chi connectivity index (χ3n) is 4.27. The van der Waals surface area contributed by atoms with Gasteiger partial charge in [0.1, 0.15) is 11.6 Å². The lowest BCUT2D eigenvalue weighted by atomic mass is 9.89. The predicted molar refractivity (Wildman–Crippen MR) is 81.3 cm³/mol. The van der Waals surface area contributed by atoms with E-state index in [1.807, 2.05) is 4.90 Å². The molecule has 1 heterocycles. The molecule has 0 bridgehead atoms. The molecule has 4 nitrogen and oxygen atoms in total. The molecule has 2 amide bonds. The predicted octanol–water partition coefficient (Wildman–Crippen LogP) is 2.72. The average Bonchev–Trinajstić information content (AvgIpc) is 2.38. The lowest BCUT2D eigenvalue weighted by molar-refractivity contribution is -0.155. The Morgan fingerprint density at radius 1 is 1.20 bits per heavy atom. The molecule has 1 fully saturated rings. The quantitative estimate of drug-likeness (QED) is 0.730. The van der Waals surface area contributed by atoms with E-state index in [1.165, 1.54) is 12.8 Å². The van der Waals surface area contributed by atoms with Crippen LogP contribution in [0.5, 0.6) is 0 Å². The molecule has 1 aliphatic heterocycles. The molecule has 0 aromatic carbocycles. The Morgan fingerprint density at radius 3 is 2.40 bits per heavy atom. The molecule has 2 atom stereocenters. The molecule has 0 aliphatic carbocycles. The van der Waals surface area contributed by atoms with Crippen molar-refractivity contribution in [2.45, 2.75) is 78.3 Å². The molecular formula is C16H30N2O2. The van der Waals surface area contributed by atoms with Crippen LogP contribution in [-0.2, 0) is 9.59 Å². The van der Waals surface area contributed by atoms with Gasteiger partial charge in [-0.05, 0) is 26.2 Å². The molecule has 4 heteroatoms. The molecule has 20 heavy (non-hydrogen) atoms. The van der Waals surface area contributed by atoms with Crippen LogP contribution in [0.3, 0.4) is 0 Å². The molecule has 1 saturated heterocycles. The highest BCUT2D eigenvalue weighted by molar-refractivity contribution is 5.99. The lowest BCUT2D eigenvalue weighted by Gasteiger charge is -2.45. The van der Waals surface area contributed by atoms with Gasteiger partial charge in [-0.1, -0.05) is 46.5 Å². The summed E-state index contributed by atoms with van der Waals surface area (Å²) in [6.07, 6.45) is 5.36. The molecule has 0 saturated carbocycles. The van der Waals surface area contributed by atoms with Gasteiger partial charge in [0.15, 0.2) is 0 Å². The van der Waals surface area contributed by atoms with Crippen LogP contribution in [0, 0.1) is 5.92 Å². The molecule has 0 radical (unpaired) electrons. The summed E-state index contributed by atoms with van der Waals surface area (Å²) >= 11 is 0. The van der Waals surface area contributed by atoms with Gasteiger partial charge in [0.2, 0.25) is 11.8 Å². The maximum atomic E-state index is 12.6. The SMILES string of the molecule is CCCCCCN1C(=O)C(C)(C)NC(=O)C1C(C)CC. The van der Waals surface area contributed by atoms with Gasteiger partial charge in [-0.15, -0.1) is 0 Å². The minimum absolute atomic E-state index is 0.000517. The fraction of sp³-hybridized carbons (Fsp3) is 0.875. The van der Waals surface area contributed by atoms with Crippen LogP contribution in [-0.4, -0.2) is 34.8 Å². The number of carbonyl (C=O) groups is 2. The van der Waals surface area contributed by atoms with E-state index in [1.54, 1.807) is 13.8 Å². The van der Waals surface area contributed by atoms with Crippen LogP contribution in [0.4, 0.5) is 0 Å². The number of amides is 2. The first-order valence-corrected chi connectivity index (χ1v) is 7.98. The van der Waals surface area contributed by atoms with Crippen LogP contribution in [0.1, 0.15) is 66.7 Å². The minimum Gasteiger partial charge on any atom is -0.340 e. The number of unbranched alkanes of at least 4 members (excludes halogenated alkanes) is 3. The van der Waals surface area contributed by atoms with E-state index in [0.29, 0.717) is 6.54 Å². The average molecular weight is 282 g/mol. The second-order valence-corrected chi connectivity index (χ2v) is 6.50. The van der Waals surface area contributed by atoms with Gasteiger partial charge in [0.25, 0.3) is 0 Å². The highest BCUT2D eigenvalue weighted by atomic mass is 16.2. The number of nitrogens with zero attached hydrogens (tertiary/aromatic N) is 1. The molecule has 1 N–H and O–H groups in total. The highest BCUT2D eigenvalue weighted by Gasteiger charge is 2.46. The molecule has 1 aliphatic rings. The fourth-order valence-electron chi connectivity index (χ4n) is 2.80. The van der Waals surface area contributed by atoms with Gasteiger partial charge >= 0.3 is 0 Å². The van der Waals surface area contributed by atoms with E-state index >= 15 is 0 Å². The third kappa shape index (κ3) is 3.74. The first kappa shape index (κ1) is 17.0. The molecule has 1 rings (SSSR count). The summed E-state index contributed by atoms with van der Waals surface area (Å²) in [4.78, 5) is 26.8. The summed E-state index contributed by atoms with van der Waals surface area (Å²) in [5.41, 5.74) is -0.772. The van der Waals surface area contributed by atoms with Gasteiger partial charge < -0.3 is 10.2 Å². The number of carbonyl (C=O) groups excluding carboxylic acids is 2. The van der Waals surface area contributed by atoms with E-state index < -0.39 is 5.54 Å². The fourth-order valence-corrected chi connectivity index (χ4v) is 2.80. The second kappa shape index (κ2) is 7.09. The lowest BCUT2D eigenvalue weighted by Crippen LogP contribution is -2.69. The summed E-state index contributed by atoms with van der Waals surface area (Å²) in [6, 6.07) is -0.304. The van der Waals surface area contributed by atoms with Crippen molar-refractivity contribution in [2.75, 3.05) is 6.54 Å². The monoisotopic (exact) mass is 282 g/mol. The zero-order valence-electron chi connectivity index (χ0n) is 13.7. The number of hydrogen-bond acceptors (Lipinski definition) is 2. The second-order valence-electron chi connectivity index (χ2n) is 6.50. The summed E-state index contributed by atoms with van der Waals surface area (Å²) in [7, 11) is 0. The van der Waals surface area contributed by atoms with Crippen molar-refractivity contribution in [3.05, 3.63) is 0 Å². The van der Waals surface area contributed by atoms with Gasteiger partial charge in [0.05, 0.1) is 0 Å². The van der Waals surface area contributed by atoms with E-state index in [4.69, 9.17) is 0 Å². The highest BCUT2D eigenvalue weighted by Crippen LogP contribution is 2.25. The van der Waals surface area contributed by atoms with Crippen LogP contribution in [0.25, 0.3) is 0 Å². The van der Waals surface area contributed by atoms with Crippen LogP contribution >= 0.6 is 0 Å². The molecule has 0 aromatic heterocycles. The minimum atomic E-state index is -0.772. The zero-order valence-corrected chi connectivity index (χ0v) is 13.7. The number of rotatable bonds is 7. The number of piperazine rings is 1. The van der Waals surface area contributed by atoms with Crippen molar-refractivity contribution in [3.63, 3.8) is 0 Å². The van der Waals surface area contributed by atoms with Crippen molar-refractivity contribution < 1.29 is 9.59 Å². The van der Waals surface area contributed by atoms with E-state index in [-0.39, 0.29) is 23.8 Å². The molecule has 116 valence electrons. The summed E-state index contributed by atoms with van der Waals surface area (Å²) in [5.74, 6) is 0.250.